The average Bonchev–Trinajstić information content (AvgIpc) is 2.45. The zero-order chi connectivity index (χ0) is 15.9. The van der Waals surface area contributed by atoms with Crippen molar-refractivity contribution in [1.82, 2.24) is 4.98 Å². The van der Waals surface area contributed by atoms with Crippen molar-refractivity contribution >= 4 is 65.6 Å². The molecule has 1 aliphatic heterocycles. The fourth-order valence-electron chi connectivity index (χ4n) is 1.84. The van der Waals surface area contributed by atoms with E-state index in [9.17, 15) is 9.90 Å². The largest absolute Gasteiger partial charge is 0.506 e. The van der Waals surface area contributed by atoms with E-state index in [0.717, 1.165) is 0 Å². The summed E-state index contributed by atoms with van der Waals surface area (Å²) in [7, 11) is 0. The van der Waals surface area contributed by atoms with Gasteiger partial charge in [0.15, 0.2) is 17.3 Å². The van der Waals surface area contributed by atoms with E-state index < -0.39 is 5.91 Å². The average molecular weight is 491 g/mol. The van der Waals surface area contributed by atoms with Gasteiger partial charge in [-0.3, -0.25) is 4.79 Å². The van der Waals surface area contributed by atoms with Crippen LogP contribution in [0, 0.1) is 0 Å². The van der Waals surface area contributed by atoms with Gasteiger partial charge in [0.25, 0.3) is 5.91 Å². The summed E-state index contributed by atoms with van der Waals surface area (Å²) >= 11 is 9.72. The molecule has 0 spiro atoms. The minimum absolute atomic E-state index is 0.0931. The molecule has 112 valence electrons. The quantitative estimate of drug-likeness (QED) is 0.458. The first-order valence-electron chi connectivity index (χ1n) is 5.99. The Hall–Kier alpha value is -1.38. The maximum absolute atomic E-state index is 12.1. The van der Waals surface area contributed by atoms with Crippen molar-refractivity contribution in [2.75, 3.05) is 5.32 Å². The Morgan fingerprint density at radius 1 is 1.18 bits per heavy atom. The highest BCUT2D eigenvalue weighted by Crippen LogP contribution is 2.35. The lowest BCUT2D eigenvalue weighted by molar-refractivity contribution is -0.115. The molecule has 1 aromatic carbocycles. The van der Waals surface area contributed by atoms with Crippen LogP contribution in [0.4, 0.5) is 5.82 Å². The van der Waals surface area contributed by atoms with E-state index >= 15 is 0 Å². The number of phenolic OH excluding ortho intramolecular Hbond substituents is 1. The molecule has 2 aromatic rings. The number of pyridine rings is 1. The number of phenols is 1. The van der Waals surface area contributed by atoms with Gasteiger partial charge in [0.2, 0.25) is 0 Å². The molecular weight excluding hydrogens is 484 g/mol. The molecule has 0 saturated carbocycles. The van der Waals surface area contributed by atoms with E-state index in [0.29, 0.717) is 30.7 Å². The highest BCUT2D eigenvalue weighted by molar-refractivity contribution is 9.11. The van der Waals surface area contributed by atoms with E-state index in [1.165, 1.54) is 0 Å². The number of aromatic hydroxyl groups is 1. The third-order valence-electron chi connectivity index (χ3n) is 2.84. The first-order valence-corrected chi connectivity index (χ1v) is 8.37. The number of amides is 1. The fourth-order valence-corrected chi connectivity index (χ4v) is 3.37. The number of halogens is 3. The van der Waals surface area contributed by atoms with Gasteiger partial charge in [-0.25, -0.2) is 4.98 Å². The molecule has 1 aromatic heterocycles. The Morgan fingerprint density at radius 2 is 1.86 bits per heavy atom. The number of hydrogen-bond donors (Lipinski definition) is 2. The lowest BCUT2D eigenvalue weighted by atomic mass is 10.2. The van der Waals surface area contributed by atoms with Crippen molar-refractivity contribution < 1.29 is 14.6 Å². The number of carbonyl (C=O) groups is 1. The van der Waals surface area contributed by atoms with Crippen LogP contribution < -0.4 is 10.1 Å². The second-order valence-electron chi connectivity index (χ2n) is 4.38. The third kappa shape index (κ3) is 3.04. The molecule has 0 bridgehead atoms. The maximum atomic E-state index is 12.1. The molecule has 0 saturated heterocycles. The Morgan fingerprint density at radius 3 is 2.55 bits per heavy atom. The number of aromatic nitrogens is 1. The number of benzene rings is 1. The monoisotopic (exact) mass is 488 g/mol. The predicted molar refractivity (Wildman–Crippen MR) is 92.7 cm³/mol. The molecule has 0 radical (unpaired) electrons. The van der Waals surface area contributed by atoms with Crippen LogP contribution >= 0.6 is 47.8 Å². The number of nitrogens with one attached hydrogen (secondary N) is 1. The predicted octanol–water partition coefficient (Wildman–Crippen LogP) is 4.45. The number of ether oxygens (including phenoxy) is 1. The van der Waals surface area contributed by atoms with Gasteiger partial charge >= 0.3 is 0 Å². The molecule has 3 rings (SSSR count). The topological polar surface area (TPSA) is 71.5 Å². The molecule has 1 aliphatic rings. The molecule has 5 nitrogen and oxygen atoms in total. The number of anilines is 1. The second-order valence-corrected chi connectivity index (χ2v) is 6.90. The maximum Gasteiger partial charge on any atom is 0.292 e. The van der Waals surface area contributed by atoms with E-state index in [-0.39, 0.29) is 11.5 Å². The molecule has 0 fully saturated rings. The zero-order valence-corrected chi connectivity index (χ0v) is 15.5. The van der Waals surface area contributed by atoms with E-state index in [1.54, 1.807) is 30.3 Å². The fraction of sp³-hybridized carbons (Fsp3) is 0. The number of nitrogens with zero attached hydrogens (tertiary/aromatic N) is 1. The molecule has 0 atom stereocenters. The van der Waals surface area contributed by atoms with E-state index in [1.807, 2.05) is 0 Å². The van der Waals surface area contributed by atoms with E-state index in [2.05, 4.69) is 58.1 Å². The van der Waals surface area contributed by atoms with E-state index in [4.69, 9.17) is 4.74 Å². The lowest BCUT2D eigenvalue weighted by Crippen LogP contribution is -2.24. The molecule has 0 aliphatic carbocycles. The van der Waals surface area contributed by atoms with Crippen LogP contribution in [-0.2, 0) is 4.79 Å². The van der Waals surface area contributed by atoms with Crippen LogP contribution in [0.2, 0.25) is 0 Å². The number of rotatable bonds is 1. The number of carbonyl (C=O) groups excluding carboxylic acids is 1. The first-order chi connectivity index (χ1) is 10.4. The highest BCUT2D eigenvalue weighted by atomic mass is 79.9. The Labute approximate surface area is 150 Å². The molecule has 22 heavy (non-hydrogen) atoms. The lowest BCUT2D eigenvalue weighted by Gasteiger charge is -2.19. The van der Waals surface area contributed by atoms with Crippen LogP contribution in [-0.4, -0.2) is 16.0 Å². The number of hydrogen-bond acceptors (Lipinski definition) is 4. The molecule has 0 unspecified atom stereocenters. The van der Waals surface area contributed by atoms with Gasteiger partial charge in [-0.05, 0) is 83.7 Å². The van der Waals surface area contributed by atoms with Crippen LogP contribution in [0.3, 0.4) is 0 Å². The van der Waals surface area contributed by atoms with Crippen molar-refractivity contribution in [2.24, 2.45) is 0 Å². The summed E-state index contributed by atoms with van der Waals surface area (Å²) in [6.45, 7) is 0. The SMILES string of the molecule is O=C1Nc2nc(Br)ccc2OC1=Cc1cc(Br)c(O)c(Br)c1. The van der Waals surface area contributed by atoms with Gasteiger partial charge in [-0.15, -0.1) is 0 Å². The molecule has 2 N–H and O–H groups in total. The first kappa shape index (κ1) is 15.5. The summed E-state index contributed by atoms with van der Waals surface area (Å²) in [5.74, 6) is 0.672. The minimum atomic E-state index is -0.390. The van der Waals surface area contributed by atoms with Crippen molar-refractivity contribution in [2.45, 2.75) is 0 Å². The van der Waals surface area contributed by atoms with Gasteiger partial charge in [-0.1, -0.05) is 0 Å². The Balaban J connectivity index is 1.99. The van der Waals surface area contributed by atoms with Crippen LogP contribution in [0.25, 0.3) is 6.08 Å². The zero-order valence-electron chi connectivity index (χ0n) is 10.7. The van der Waals surface area contributed by atoms with Gasteiger partial charge < -0.3 is 15.2 Å². The standard InChI is InChI=1S/C14H7Br3N2O3/c15-7-3-6(4-8(16)12(7)20)5-10-14(21)19-13-9(22-10)1-2-11(17)18-13/h1-5,20H,(H,18,19,21). The third-order valence-corrected chi connectivity index (χ3v) is 4.49. The van der Waals surface area contributed by atoms with Crippen molar-refractivity contribution in [3.8, 4) is 11.5 Å². The normalized spacial score (nSPS) is 15.2. The van der Waals surface area contributed by atoms with Gasteiger partial charge in [0.05, 0.1) is 8.95 Å². The number of fused-ring (bicyclic) bond motifs is 1. The molecule has 1 amide bonds. The van der Waals surface area contributed by atoms with Crippen molar-refractivity contribution in [3.63, 3.8) is 0 Å². The van der Waals surface area contributed by atoms with Gasteiger partial charge in [0, 0.05) is 0 Å². The van der Waals surface area contributed by atoms with Gasteiger partial charge in [0.1, 0.15) is 10.4 Å². The summed E-state index contributed by atoms with van der Waals surface area (Å²) in [4.78, 5) is 16.2. The summed E-state index contributed by atoms with van der Waals surface area (Å²) in [5, 5.41) is 12.4. The molecule has 8 heteroatoms. The minimum Gasteiger partial charge on any atom is -0.506 e. The van der Waals surface area contributed by atoms with Crippen LogP contribution in [0.15, 0.2) is 43.6 Å². The smallest absolute Gasteiger partial charge is 0.292 e. The van der Waals surface area contributed by atoms with Gasteiger partial charge in [-0.2, -0.15) is 0 Å². The Kier molecular flexibility index (Phi) is 4.24. The molecule has 2 heterocycles. The summed E-state index contributed by atoms with van der Waals surface area (Å²) in [6, 6.07) is 6.79. The second kappa shape index (κ2) is 6.02. The summed E-state index contributed by atoms with van der Waals surface area (Å²) in [5.41, 5.74) is 0.690. The van der Waals surface area contributed by atoms with Crippen molar-refractivity contribution in [1.29, 1.82) is 0 Å². The summed E-state index contributed by atoms with van der Waals surface area (Å²) < 4.78 is 7.21. The summed E-state index contributed by atoms with van der Waals surface area (Å²) in [6.07, 6.45) is 1.58. The van der Waals surface area contributed by atoms with Crippen LogP contribution in [0.5, 0.6) is 11.5 Å². The highest BCUT2D eigenvalue weighted by Gasteiger charge is 2.23. The Bertz CT molecular complexity index is 798. The van der Waals surface area contributed by atoms with Crippen LogP contribution in [0.1, 0.15) is 5.56 Å². The molecular formula is C14H7Br3N2O3. The van der Waals surface area contributed by atoms with Crippen molar-refractivity contribution in [3.05, 3.63) is 49.1 Å².